The van der Waals surface area contributed by atoms with Crippen LogP contribution < -0.4 is 0 Å². The van der Waals surface area contributed by atoms with E-state index in [-0.39, 0.29) is 25.9 Å². The minimum absolute atomic E-state index is 0.00171. The molecule has 1 saturated heterocycles. The van der Waals surface area contributed by atoms with Crippen molar-refractivity contribution in [1.82, 2.24) is 0 Å². The van der Waals surface area contributed by atoms with Gasteiger partial charge in [-0.25, -0.2) is 8.42 Å². The minimum atomic E-state index is -5.69. The molecule has 0 aromatic rings. The van der Waals surface area contributed by atoms with Crippen molar-refractivity contribution in [2.24, 2.45) is 0 Å². The molecule has 1 atom stereocenters. The van der Waals surface area contributed by atoms with Crippen LogP contribution in [0.15, 0.2) is 0 Å². The fourth-order valence-corrected chi connectivity index (χ4v) is 1.21. The second kappa shape index (κ2) is 7.41. The van der Waals surface area contributed by atoms with E-state index in [2.05, 4.69) is 4.74 Å². The first-order valence-electron chi connectivity index (χ1n) is 5.51. The highest BCUT2D eigenvalue weighted by atomic mass is 32.2. The molecule has 0 aromatic carbocycles. The molecule has 0 bridgehead atoms. The fourth-order valence-electron chi connectivity index (χ4n) is 0.980. The van der Waals surface area contributed by atoms with Crippen LogP contribution >= 0.6 is 0 Å². The Hall–Kier alpha value is -0.390. The molecule has 1 rings (SSSR count). The molecule has 0 radical (unpaired) electrons. The Morgan fingerprint density at radius 3 is 2.21 bits per heavy atom. The molecule has 0 aromatic heterocycles. The Morgan fingerprint density at radius 2 is 1.68 bits per heavy atom. The fraction of sp³-hybridized carbons (Fsp3) is 1.00. The number of halogens is 2. The van der Waals surface area contributed by atoms with Crippen LogP contribution in [-0.2, 0) is 29.1 Å². The van der Waals surface area contributed by atoms with Gasteiger partial charge in [-0.3, -0.25) is 0 Å². The molecule has 19 heavy (non-hydrogen) atoms. The lowest BCUT2D eigenvalue weighted by molar-refractivity contribution is -0.0425. The van der Waals surface area contributed by atoms with Crippen molar-refractivity contribution >= 4 is 10.1 Å². The smallest absolute Gasteiger partial charge is 0.357 e. The largest absolute Gasteiger partial charge is 0.743 e. The van der Waals surface area contributed by atoms with E-state index in [1.165, 1.54) is 0 Å². The highest BCUT2D eigenvalue weighted by molar-refractivity contribution is 7.86. The molecule has 7 nitrogen and oxygen atoms in total. The third kappa shape index (κ3) is 7.09. The van der Waals surface area contributed by atoms with Gasteiger partial charge in [-0.2, -0.15) is 8.78 Å². The van der Waals surface area contributed by atoms with E-state index in [0.717, 1.165) is 0 Å². The second-order valence-electron chi connectivity index (χ2n) is 3.79. The topological polar surface area (TPSA) is 97.4 Å². The molecule has 0 amide bonds. The highest BCUT2D eigenvalue weighted by Crippen LogP contribution is 2.20. The summed E-state index contributed by atoms with van der Waals surface area (Å²) in [6.45, 7) is 0.0725. The quantitative estimate of drug-likeness (QED) is 0.290. The molecule has 0 N–H and O–H groups in total. The van der Waals surface area contributed by atoms with Gasteiger partial charge in [0, 0.05) is 0 Å². The third-order valence-corrected chi connectivity index (χ3v) is 2.94. The van der Waals surface area contributed by atoms with Crippen LogP contribution in [0.1, 0.15) is 0 Å². The standard InChI is InChI=1S/C9H16F2O7S/c10-9(11,19(12,13)14)7-17-4-2-15-1-3-16-5-8-6-18-8/h8H,1-7H2,(H,12,13,14)/p-1. The van der Waals surface area contributed by atoms with Gasteiger partial charge in [0.2, 0.25) is 0 Å². The first-order chi connectivity index (χ1) is 8.83. The maximum Gasteiger partial charge on any atom is 0.357 e. The van der Waals surface area contributed by atoms with Gasteiger partial charge in [-0.15, -0.1) is 0 Å². The van der Waals surface area contributed by atoms with Crippen LogP contribution in [0.5, 0.6) is 0 Å². The molecule has 114 valence electrons. The van der Waals surface area contributed by atoms with Crippen molar-refractivity contribution in [3.63, 3.8) is 0 Å². The molecular formula is C9H15F2O7S-. The lowest BCUT2D eigenvalue weighted by Gasteiger charge is -2.19. The summed E-state index contributed by atoms with van der Waals surface area (Å²) in [5, 5.41) is -4.42. The Morgan fingerprint density at radius 1 is 1.16 bits per heavy atom. The Bertz CT molecular complexity index is 356. The lowest BCUT2D eigenvalue weighted by atomic mass is 10.5. The van der Waals surface area contributed by atoms with Crippen molar-refractivity contribution in [3.8, 4) is 0 Å². The Labute approximate surface area is 109 Å². The van der Waals surface area contributed by atoms with Crippen LogP contribution in [-0.4, -0.2) is 70.6 Å². The monoisotopic (exact) mass is 305 g/mol. The Kier molecular flexibility index (Phi) is 6.50. The zero-order valence-electron chi connectivity index (χ0n) is 10.0. The van der Waals surface area contributed by atoms with E-state index >= 15 is 0 Å². The lowest BCUT2D eigenvalue weighted by Crippen LogP contribution is -2.34. The summed E-state index contributed by atoms with van der Waals surface area (Å²) >= 11 is 0. The number of ether oxygens (including phenoxy) is 4. The number of alkyl halides is 2. The predicted octanol–water partition coefficient (Wildman–Crippen LogP) is -0.427. The molecule has 0 spiro atoms. The molecule has 1 unspecified atom stereocenters. The van der Waals surface area contributed by atoms with Gasteiger partial charge in [0.15, 0.2) is 10.1 Å². The third-order valence-electron chi connectivity index (χ3n) is 2.09. The van der Waals surface area contributed by atoms with Crippen molar-refractivity contribution in [2.45, 2.75) is 11.4 Å². The van der Waals surface area contributed by atoms with E-state index in [9.17, 15) is 21.8 Å². The van der Waals surface area contributed by atoms with E-state index in [1.807, 2.05) is 0 Å². The Balaban J connectivity index is 1.90. The summed E-state index contributed by atoms with van der Waals surface area (Å²) in [5.74, 6) is 0. The predicted molar refractivity (Wildman–Crippen MR) is 56.8 cm³/mol. The van der Waals surface area contributed by atoms with Crippen molar-refractivity contribution in [1.29, 1.82) is 0 Å². The average Bonchev–Trinajstić information content (AvgIpc) is 3.09. The van der Waals surface area contributed by atoms with Gasteiger partial charge in [-0.05, 0) is 0 Å². The molecule has 1 fully saturated rings. The van der Waals surface area contributed by atoms with Crippen LogP contribution in [0.25, 0.3) is 0 Å². The molecule has 0 aliphatic carbocycles. The van der Waals surface area contributed by atoms with Crippen molar-refractivity contribution in [2.75, 3.05) is 46.2 Å². The number of epoxide rings is 1. The maximum atomic E-state index is 12.6. The maximum absolute atomic E-state index is 12.6. The van der Waals surface area contributed by atoms with Gasteiger partial charge >= 0.3 is 5.25 Å². The van der Waals surface area contributed by atoms with Gasteiger partial charge in [0.1, 0.15) is 12.7 Å². The first kappa shape index (κ1) is 16.7. The summed E-state index contributed by atoms with van der Waals surface area (Å²) in [6.07, 6.45) is 0.166. The number of hydrogen-bond acceptors (Lipinski definition) is 7. The van der Waals surface area contributed by atoms with E-state index < -0.39 is 22.0 Å². The molecule has 0 saturated carbocycles. The minimum Gasteiger partial charge on any atom is -0.743 e. The van der Waals surface area contributed by atoms with Crippen LogP contribution in [0, 0.1) is 0 Å². The number of hydrogen-bond donors (Lipinski definition) is 0. The zero-order chi connectivity index (χ0) is 14.4. The molecule has 1 heterocycles. The average molecular weight is 305 g/mol. The van der Waals surface area contributed by atoms with Gasteiger partial charge in [0.25, 0.3) is 0 Å². The normalized spacial score (nSPS) is 19.6. The van der Waals surface area contributed by atoms with Gasteiger partial charge in [-0.1, -0.05) is 0 Å². The summed E-state index contributed by atoms with van der Waals surface area (Å²) < 4.78 is 74.9. The van der Waals surface area contributed by atoms with Crippen molar-refractivity contribution < 1.29 is 40.7 Å². The van der Waals surface area contributed by atoms with Crippen LogP contribution in [0.4, 0.5) is 8.78 Å². The van der Waals surface area contributed by atoms with Crippen LogP contribution in [0.3, 0.4) is 0 Å². The summed E-state index contributed by atoms with van der Waals surface area (Å²) in [5.41, 5.74) is 0. The van der Waals surface area contributed by atoms with E-state index in [1.54, 1.807) is 0 Å². The highest BCUT2D eigenvalue weighted by Gasteiger charge is 2.37. The zero-order valence-corrected chi connectivity index (χ0v) is 10.9. The second-order valence-corrected chi connectivity index (χ2v) is 5.29. The van der Waals surface area contributed by atoms with E-state index in [4.69, 9.17) is 14.2 Å². The van der Waals surface area contributed by atoms with E-state index in [0.29, 0.717) is 19.8 Å². The summed E-state index contributed by atoms with van der Waals surface area (Å²) in [4.78, 5) is 0. The van der Waals surface area contributed by atoms with Crippen molar-refractivity contribution in [3.05, 3.63) is 0 Å². The molecule has 1 aliphatic rings. The molecular weight excluding hydrogens is 290 g/mol. The molecule has 10 heteroatoms. The number of rotatable bonds is 11. The molecule has 1 aliphatic heterocycles. The summed E-state index contributed by atoms with van der Waals surface area (Å²) in [6, 6.07) is 0. The SMILES string of the molecule is O=S(=O)([O-])C(F)(F)COCCOCCOCC1CO1. The summed E-state index contributed by atoms with van der Waals surface area (Å²) in [7, 11) is -5.69. The van der Waals surface area contributed by atoms with Gasteiger partial charge < -0.3 is 23.5 Å². The first-order valence-corrected chi connectivity index (χ1v) is 6.92. The van der Waals surface area contributed by atoms with Gasteiger partial charge in [0.05, 0.1) is 39.6 Å². The van der Waals surface area contributed by atoms with Crippen LogP contribution in [0.2, 0.25) is 0 Å².